The molecule has 3 heterocycles. The lowest BCUT2D eigenvalue weighted by Crippen LogP contribution is -2.36. The van der Waals surface area contributed by atoms with E-state index in [1.54, 1.807) is 30.6 Å². The van der Waals surface area contributed by atoms with Gasteiger partial charge in [-0.3, -0.25) is 19.1 Å². The topological polar surface area (TPSA) is 68.1 Å². The van der Waals surface area contributed by atoms with Crippen LogP contribution in [0.4, 0.5) is 0 Å². The number of nitrogens with zero attached hydrogens (tertiary/aromatic N) is 4. The normalized spacial score (nSPS) is 17.1. The van der Waals surface area contributed by atoms with E-state index < -0.39 is 0 Å². The van der Waals surface area contributed by atoms with Crippen LogP contribution in [0.2, 0.25) is 0 Å². The molecule has 3 aromatic rings. The van der Waals surface area contributed by atoms with Gasteiger partial charge >= 0.3 is 0 Å². The summed E-state index contributed by atoms with van der Waals surface area (Å²) < 4.78 is 1.39. The number of likely N-dealkylation sites (tertiary alicyclic amines) is 1. The molecule has 1 aliphatic heterocycles. The Labute approximate surface area is 144 Å². The fourth-order valence-electron chi connectivity index (χ4n) is 3.44. The zero-order chi connectivity index (χ0) is 17.2. The maximum Gasteiger partial charge on any atom is 0.261 e. The Balaban J connectivity index is 1.60. The SMILES string of the molecule is O=C(Cn1cnc2ccccc2c1=O)N1CCC[C@H]1c1cccnc1. The zero-order valence-corrected chi connectivity index (χ0v) is 13.7. The van der Waals surface area contributed by atoms with Crippen molar-refractivity contribution < 1.29 is 4.79 Å². The van der Waals surface area contributed by atoms with Crippen LogP contribution < -0.4 is 5.56 Å². The molecule has 0 bridgehead atoms. The highest BCUT2D eigenvalue weighted by molar-refractivity contribution is 5.79. The number of amides is 1. The van der Waals surface area contributed by atoms with Crippen LogP contribution in [0.5, 0.6) is 0 Å². The van der Waals surface area contributed by atoms with Gasteiger partial charge in [-0.25, -0.2) is 4.98 Å². The molecule has 0 unspecified atom stereocenters. The van der Waals surface area contributed by atoms with Gasteiger partial charge in [0.2, 0.25) is 5.91 Å². The highest BCUT2D eigenvalue weighted by Crippen LogP contribution is 2.31. The fourth-order valence-corrected chi connectivity index (χ4v) is 3.44. The van der Waals surface area contributed by atoms with Crippen molar-refractivity contribution in [2.75, 3.05) is 6.54 Å². The predicted molar refractivity (Wildman–Crippen MR) is 93.9 cm³/mol. The van der Waals surface area contributed by atoms with Crippen LogP contribution in [0.1, 0.15) is 24.4 Å². The molecule has 0 N–H and O–H groups in total. The van der Waals surface area contributed by atoms with E-state index in [-0.39, 0.29) is 24.1 Å². The maximum atomic E-state index is 12.8. The van der Waals surface area contributed by atoms with Crippen molar-refractivity contribution in [1.82, 2.24) is 19.4 Å². The van der Waals surface area contributed by atoms with Crippen LogP contribution in [-0.4, -0.2) is 31.9 Å². The largest absolute Gasteiger partial charge is 0.334 e. The summed E-state index contributed by atoms with van der Waals surface area (Å²) in [5.74, 6) is -0.0643. The number of para-hydroxylation sites is 1. The number of benzene rings is 1. The van der Waals surface area contributed by atoms with Crippen LogP contribution in [-0.2, 0) is 11.3 Å². The third kappa shape index (κ3) is 2.91. The summed E-state index contributed by atoms with van der Waals surface area (Å²) in [6.45, 7) is 0.710. The minimum absolute atomic E-state index is 0.00737. The van der Waals surface area contributed by atoms with E-state index >= 15 is 0 Å². The predicted octanol–water partition coefficient (Wildman–Crippen LogP) is 2.16. The molecule has 0 aliphatic carbocycles. The van der Waals surface area contributed by atoms with Gasteiger partial charge in [-0.15, -0.1) is 0 Å². The van der Waals surface area contributed by atoms with Crippen molar-refractivity contribution >= 4 is 16.8 Å². The van der Waals surface area contributed by atoms with Crippen molar-refractivity contribution in [1.29, 1.82) is 0 Å². The maximum absolute atomic E-state index is 12.8. The third-order valence-corrected chi connectivity index (χ3v) is 4.68. The smallest absolute Gasteiger partial charge is 0.261 e. The molecule has 0 radical (unpaired) electrons. The number of aromatic nitrogens is 3. The molecule has 1 atom stereocenters. The monoisotopic (exact) mass is 334 g/mol. The number of hydrogen-bond donors (Lipinski definition) is 0. The van der Waals surface area contributed by atoms with Gasteiger partial charge in [-0.05, 0) is 36.6 Å². The van der Waals surface area contributed by atoms with Gasteiger partial charge in [0.25, 0.3) is 5.56 Å². The molecule has 1 aliphatic rings. The molecule has 1 saturated heterocycles. The number of pyridine rings is 1. The molecule has 1 amide bonds. The molecule has 25 heavy (non-hydrogen) atoms. The Hall–Kier alpha value is -3.02. The highest BCUT2D eigenvalue weighted by Gasteiger charge is 2.30. The van der Waals surface area contributed by atoms with E-state index in [1.165, 1.54) is 10.9 Å². The molecule has 1 aromatic carbocycles. The molecule has 1 fully saturated rings. The Morgan fingerprint density at radius 1 is 1.20 bits per heavy atom. The van der Waals surface area contributed by atoms with E-state index in [4.69, 9.17) is 0 Å². The van der Waals surface area contributed by atoms with Crippen LogP contribution in [0.25, 0.3) is 10.9 Å². The minimum atomic E-state index is -0.184. The van der Waals surface area contributed by atoms with Crippen molar-refractivity contribution in [2.24, 2.45) is 0 Å². The highest BCUT2D eigenvalue weighted by atomic mass is 16.2. The Bertz CT molecular complexity index is 968. The third-order valence-electron chi connectivity index (χ3n) is 4.68. The summed E-state index contributed by atoms with van der Waals surface area (Å²) >= 11 is 0. The van der Waals surface area contributed by atoms with Crippen molar-refractivity contribution in [3.05, 3.63) is 71.0 Å². The van der Waals surface area contributed by atoms with E-state index in [1.807, 2.05) is 23.1 Å². The molecule has 0 saturated carbocycles. The summed E-state index contributed by atoms with van der Waals surface area (Å²) in [4.78, 5) is 35.7. The number of carbonyl (C=O) groups is 1. The quantitative estimate of drug-likeness (QED) is 0.736. The number of hydrogen-bond acceptors (Lipinski definition) is 4. The van der Waals surface area contributed by atoms with E-state index in [0.717, 1.165) is 18.4 Å². The first-order valence-corrected chi connectivity index (χ1v) is 8.37. The van der Waals surface area contributed by atoms with Gasteiger partial charge < -0.3 is 4.90 Å². The Kier molecular flexibility index (Phi) is 4.01. The van der Waals surface area contributed by atoms with Crippen LogP contribution in [0.3, 0.4) is 0 Å². The summed E-state index contributed by atoms with van der Waals surface area (Å²) in [5, 5.41) is 0.531. The molecule has 6 nitrogen and oxygen atoms in total. The van der Waals surface area contributed by atoms with Gasteiger partial charge in [0.05, 0.1) is 23.3 Å². The molecule has 2 aromatic heterocycles. The average Bonchev–Trinajstić information content (AvgIpc) is 3.15. The van der Waals surface area contributed by atoms with Gasteiger partial charge in [0, 0.05) is 18.9 Å². The van der Waals surface area contributed by atoms with Crippen LogP contribution >= 0.6 is 0 Å². The summed E-state index contributed by atoms with van der Waals surface area (Å²) in [5.41, 5.74) is 1.50. The van der Waals surface area contributed by atoms with Crippen molar-refractivity contribution in [3.8, 4) is 0 Å². The van der Waals surface area contributed by atoms with Gasteiger partial charge in [-0.1, -0.05) is 18.2 Å². The molecular weight excluding hydrogens is 316 g/mol. The first kappa shape index (κ1) is 15.5. The molecular formula is C19H18N4O2. The van der Waals surface area contributed by atoms with Gasteiger partial charge in [-0.2, -0.15) is 0 Å². The molecule has 0 spiro atoms. The first-order chi connectivity index (χ1) is 12.2. The Morgan fingerprint density at radius 3 is 2.92 bits per heavy atom. The van der Waals surface area contributed by atoms with Crippen molar-refractivity contribution in [2.45, 2.75) is 25.4 Å². The summed E-state index contributed by atoms with van der Waals surface area (Å²) in [6, 6.07) is 11.1. The van der Waals surface area contributed by atoms with Gasteiger partial charge in [0.15, 0.2) is 0 Å². The lowest BCUT2D eigenvalue weighted by atomic mass is 10.1. The fraction of sp³-hybridized carbons (Fsp3) is 0.263. The van der Waals surface area contributed by atoms with Crippen molar-refractivity contribution in [3.63, 3.8) is 0 Å². The second-order valence-electron chi connectivity index (χ2n) is 6.23. The molecule has 6 heteroatoms. The number of fused-ring (bicyclic) bond motifs is 1. The van der Waals surface area contributed by atoms with E-state index in [9.17, 15) is 9.59 Å². The van der Waals surface area contributed by atoms with E-state index in [0.29, 0.717) is 17.4 Å². The zero-order valence-electron chi connectivity index (χ0n) is 13.7. The number of rotatable bonds is 3. The molecule has 4 rings (SSSR count). The van der Waals surface area contributed by atoms with Gasteiger partial charge in [0.1, 0.15) is 6.54 Å². The first-order valence-electron chi connectivity index (χ1n) is 8.37. The minimum Gasteiger partial charge on any atom is -0.334 e. The van der Waals surface area contributed by atoms with Crippen LogP contribution in [0, 0.1) is 0 Å². The number of carbonyl (C=O) groups excluding carboxylic acids is 1. The van der Waals surface area contributed by atoms with Crippen LogP contribution in [0.15, 0.2) is 59.9 Å². The summed E-state index contributed by atoms with van der Waals surface area (Å²) in [7, 11) is 0. The second kappa shape index (κ2) is 6.47. The lowest BCUT2D eigenvalue weighted by Gasteiger charge is -2.25. The average molecular weight is 334 g/mol. The molecule has 126 valence electrons. The summed E-state index contributed by atoms with van der Waals surface area (Å²) in [6.07, 6.45) is 6.86. The Morgan fingerprint density at radius 2 is 2.08 bits per heavy atom. The van der Waals surface area contributed by atoms with E-state index in [2.05, 4.69) is 9.97 Å². The standard InChI is InChI=1S/C19H18N4O2/c24-18(23-10-4-8-17(23)14-5-3-9-20-11-14)12-22-13-21-16-7-2-1-6-15(16)19(22)25/h1-3,5-7,9,11,13,17H,4,8,10,12H2/t17-/m0/s1. The second-order valence-corrected chi connectivity index (χ2v) is 6.23. The lowest BCUT2D eigenvalue weighted by molar-refractivity contribution is -0.132.